The summed E-state index contributed by atoms with van der Waals surface area (Å²) in [5.41, 5.74) is 2.66. The second-order valence-corrected chi connectivity index (χ2v) is 5.86. The molecule has 1 aromatic carbocycles. The van der Waals surface area contributed by atoms with Gasteiger partial charge in [-0.1, -0.05) is 52.0 Å². The van der Waals surface area contributed by atoms with E-state index in [2.05, 4.69) is 52.0 Å². The predicted octanol–water partition coefficient (Wildman–Crippen LogP) is 4.67. The van der Waals surface area contributed by atoms with Crippen molar-refractivity contribution in [1.29, 1.82) is 0 Å². The van der Waals surface area contributed by atoms with Crippen molar-refractivity contribution < 1.29 is 4.79 Å². The highest BCUT2D eigenvalue weighted by atomic mass is 16.1. The lowest BCUT2D eigenvalue weighted by Crippen LogP contribution is -2.47. The summed E-state index contributed by atoms with van der Waals surface area (Å²) >= 11 is 0. The number of hydrogen-bond acceptors (Lipinski definition) is 1. The first-order valence-electron chi connectivity index (χ1n) is 7.18. The lowest BCUT2D eigenvalue weighted by atomic mass is 9.54. The van der Waals surface area contributed by atoms with Crippen molar-refractivity contribution >= 4 is 5.78 Å². The first-order valence-corrected chi connectivity index (χ1v) is 7.18. The molecule has 1 aliphatic carbocycles. The first-order chi connectivity index (χ1) is 8.55. The van der Waals surface area contributed by atoms with Crippen LogP contribution in [0.3, 0.4) is 0 Å². The van der Waals surface area contributed by atoms with E-state index in [1.54, 1.807) is 0 Å². The standard InChI is InChI=1S/C17H24O/c1-5-17(6-2)15(11-16(17)18)14-9-7-13(8-10-14)12(3)4/h7-10,12,15H,5-6,11H2,1-4H3. The molecule has 0 aromatic heterocycles. The van der Waals surface area contributed by atoms with E-state index in [0.717, 1.165) is 19.3 Å². The summed E-state index contributed by atoms with van der Waals surface area (Å²) < 4.78 is 0. The van der Waals surface area contributed by atoms with Gasteiger partial charge in [-0.15, -0.1) is 0 Å². The molecule has 1 aliphatic rings. The van der Waals surface area contributed by atoms with Gasteiger partial charge in [-0.3, -0.25) is 4.79 Å². The van der Waals surface area contributed by atoms with Crippen LogP contribution in [0.2, 0.25) is 0 Å². The highest BCUT2D eigenvalue weighted by Gasteiger charge is 2.52. The smallest absolute Gasteiger partial charge is 0.140 e. The SMILES string of the molecule is CCC1(CC)C(=O)CC1c1ccc(C(C)C)cc1. The summed E-state index contributed by atoms with van der Waals surface area (Å²) in [6, 6.07) is 8.90. The monoisotopic (exact) mass is 244 g/mol. The predicted molar refractivity (Wildman–Crippen MR) is 75.9 cm³/mol. The van der Waals surface area contributed by atoms with E-state index >= 15 is 0 Å². The number of rotatable bonds is 4. The van der Waals surface area contributed by atoms with E-state index in [0.29, 0.717) is 17.6 Å². The minimum absolute atomic E-state index is 0.0701. The number of Topliss-reactive ketones (excluding diaryl/α,β-unsaturated/α-hetero) is 1. The maximum absolute atomic E-state index is 12.0. The van der Waals surface area contributed by atoms with Gasteiger partial charge in [-0.2, -0.15) is 0 Å². The Morgan fingerprint density at radius 2 is 1.72 bits per heavy atom. The van der Waals surface area contributed by atoms with Gasteiger partial charge in [0, 0.05) is 17.8 Å². The Morgan fingerprint density at radius 1 is 1.17 bits per heavy atom. The van der Waals surface area contributed by atoms with Crippen LogP contribution in [-0.2, 0) is 4.79 Å². The lowest BCUT2D eigenvalue weighted by molar-refractivity contribution is -0.141. The lowest BCUT2D eigenvalue weighted by Gasteiger charge is -2.47. The van der Waals surface area contributed by atoms with E-state index in [-0.39, 0.29) is 5.41 Å². The zero-order valence-corrected chi connectivity index (χ0v) is 12.0. The van der Waals surface area contributed by atoms with Crippen LogP contribution < -0.4 is 0 Å². The molecule has 1 fully saturated rings. The fourth-order valence-electron chi connectivity index (χ4n) is 3.33. The molecule has 1 nitrogen and oxygen atoms in total. The Kier molecular flexibility index (Phi) is 3.61. The van der Waals surface area contributed by atoms with Crippen molar-refractivity contribution in [3.63, 3.8) is 0 Å². The molecule has 2 rings (SSSR count). The molecule has 0 heterocycles. The highest BCUT2D eigenvalue weighted by Crippen LogP contribution is 2.54. The van der Waals surface area contributed by atoms with Gasteiger partial charge < -0.3 is 0 Å². The van der Waals surface area contributed by atoms with Crippen molar-refractivity contribution in [3.8, 4) is 0 Å². The molecule has 0 N–H and O–H groups in total. The van der Waals surface area contributed by atoms with Gasteiger partial charge in [0.15, 0.2) is 0 Å². The van der Waals surface area contributed by atoms with Crippen LogP contribution in [-0.4, -0.2) is 5.78 Å². The van der Waals surface area contributed by atoms with Gasteiger partial charge in [0.25, 0.3) is 0 Å². The quantitative estimate of drug-likeness (QED) is 0.752. The van der Waals surface area contributed by atoms with Crippen LogP contribution in [0.1, 0.15) is 69.9 Å². The fraction of sp³-hybridized carbons (Fsp3) is 0.588. The van der Waals surface area contributed by atoms with Crippen LogP contribution in [0.25, 0.3) is 0 Å². The number of carbonyl (C=O) groups is 1. The average Bonchev–Trinajstić information content (AvgIpc) is 2.37. The highest BCUT2D eigenvalue weighted by molar-refractivity contribution is 5.93. The Hall–Kier alpha value is -1.11. The Bertz CT molecular complexity index is 423. The maximum Gasteiger partial charge on any atom is 0.140 e. The third-order valence-corrected chi connectivity index (χ3v) is 4.88. The fourth-order valence-corrected chi connectivity index (χ4v) is 3.33. The number of carbonyl (C=O) groups excluding carboxylic acids is 1. The van der Waals surface area contributed by atoms with Gasteiger partial charge in [-0.25, -0.2) is 0 Å². The van der Waals surface area contributed by atoms with Gasteiger partial charge in [0.1, 0.15) is 5.78 Å². The largest absolute Gasteiger partial charge is 0.299 e. The molecule has 0 amide bonds. The van der Waals surface area contributed by atoms with E-state index in [4.69, 9.17) is 0 Å². The molecule has 1 aromatic rings. The summed E-state index contributed by atoms with van der Waals surface area (Å²) in [4.78, 5) is 12.0. The molecule has 1 saturated carbocycles. The van der Waals surface area contributed by atoms with Gasteiger partial charge in [0.05, 0.1) is 0 Å². The number of benzene rings is 1. The van der Waals surface area contributed by atoms with Crippen molar-refractivity contribution in [3.05, 3.63) is 35.4 Å². The summed E-state index contributed by atoms with van der Waals surface area (Å²) in [5.74, 6) is 1.48. The van der Waals surface area contributed by atoms with E-state index < -0.39 is 0 Å². The van der Waals surface area contributed by atoms with Crippen LogP contribution in [0.15, 0.2) is 24.3 Å². The third-order valence-electron chi connectivity index (χ3n) is 4.88. The second-order valence-electron chi connectivity index (χ2n) is 5.86. The zero-order chi connectivity index (χ0) is 13.3. The van der Waals surface area contributed by atoms with Gasteiger partial charge in [0.2, 0.25) is 0 Å². The van der Waals surface area contributed by atoms with E-state index in [9.17, 15) is 4.79 Å². The zero-order valence-electron chi connectivity index (χ0n) is 12.0. The van der Waals surface area contributed by atoms with E-state index in [1.165, 1.54) is 11.1 Å². The van der Waals surface area contributed by atoms with Crippen LogP contribution in [0.5, 0.6) is 0 Å². The van der Waals surface area contributed by atoms with Crippen molar-refractivity contribution in [1.82, 2.24) is 0 Å². The summed E-state index contributed by atoms with van der Waals surface area (Å²) in [5, 5.41) is 0. The molecule has 1 unspecified atom stereocenters. The first kappa shape index (κ1) is 13.3. The number of ketones is 1. The Balaban J connectivity index is 2.25. The summed E-state index contributed by atoms with van der Waals surface area (Å²) in [7, 11) is 0. The minimum Gasteiger partial charge on any atom is -0.299 e. The minimum atomic E-state index is -0.0701. The molecule has 0 radical (unpaired) electrons. The maximum atomic E-state index is 12.0. The molecule has 18 heavy (non-hydrogen) atoms. The van der Waals surface area contributed by atoms with Crippen molar-refractivity contribution in [2.45, 2.75) is 58.8 Å². The van der Waals surface area contributed by atoms with Crippen LogP contribution >= 0.6 is 0 Å². The van der Waals surface area contributed by atoms with Crippen LogP contribution in [0, 0.1) is 5.41 Å². The molecule has 98 valence electrons. The summed E-state index contributed by atoms with van der Waals surface area (Å²) in [6.45, 7) is 8.72. The topological polar surface area (TPSA) is 17.1 Å². The summed E-state index contributed by atoms with van der Waals surface area (Å²) in [6.07, 6.45) is 2.68. The molecular weight excluding hydrogens is 220 g/mol. The molecule has 1 atom stereocenters. The van der Waals surface area contributed by atoms with Crippen molar-refractivity contribution in [2.24, 2.45) is 5.41 Å². The molecule has 1 heteroatoms. The van der Waals surface area contributed by atoms with Crippen LogP contribution in [0.4, 0.5) is 0 Å². The molecule has 0 aliphatic heterocycles. The molecule has 0 saturated heterocycles. The van der Waals surface area contributed by atoms with E-state index in [1.807, 2.05) is 0 Å². The Labute approximate surface area is 111 Å². The second kappa shape index (κ2) is 4.87. The van der Waals surface area contributed by atoms with Crippen molar-refractivity contribution in [2.75, 3.05) is 0 Å². The molecule has 0 spiro atoms. The molecule has 0 bridgehead atoms. The normalized spacial score (nSPS) is 22.1. The van der Waals surface area contributed by atoms with Gasteiger partial charge >= 0.3 is 0 Å². The third kappa shape index (κ3) is 1.90. The molecular formula is C17H24O. The number of hydrogen-bond donors (Lipinski definition) is 0. The Morgan fingerprint density at radius 3 is 2.11 bits per heavy atom. The van der Waals surface area contributed by atoms with Gasteiger partial charge in [-0.05, 0) is 29.9 Å². The average molecular weight is 244 g/mol.